The first-order chi connectivity index (χ1) is 14.9. The molecule has 0 spiro atoms. The number of rotatable bonds is 4. The molecule has 0 aromatic heterocycles. The fraction of sp³-hybridized carbons (Fsp3) is 0.200. The molecule has 1 unspecified atom stereocenters. The summed E-state index contributed by atoms with van der Waals surface area (Å²) >= 11 is 6.05. The Labute approximate surface area is 186 Å². The molecule has 1 fully saturated rings. The number of carbonyl (C=O) groups is 2. The lowest BCUT2D eigenvalue weighted by molar-refractivity contribution is -0.128. The number of carbonyl (C=O) groups excluding carboxylic acids is 2. The van der Waals surface area contributed by atoms with Crippen LogP contribution in [-0.2, 0) is 9.59 Å². The van der Waals surface area contributed by atoms with E-state index in [2.05, 4.69) is 0 Å². The summed E-state index contributed by atoms with van der Waals surface area (Å²) in [5.74, 6) is 0.366. The molecule has 31 heavy (non-hydrogen) atoms. The Morgan fingerprint density at radius 1 is 0.903 bits per heavy atom. The van der Waals surface area contributed by atoms with Gasteiger partial charge in [-0.3, -0.25) is 14.5 Å². The maximum Gasteiger partial charge on any atom is 0.255 e. The topological polar surface area (TPSA) is 49.9 Å². The van der Waals surface area contributed by atoms with Crippen LogP contribution in [0.3, 0.4) is 0 Å². The summed E-state index contributed by atoms with van der Waals surface area (Å²) in [6.45, 7) is 3.88. The molecular weight excluding hydrogens is 412 g/mol. The highest BCUT2D eigenvalue weighted by Gasteiger charge is 2.42. The van der Waals surface area contributed by atoms with Crippen molar-refractivity contribution in [3.63, 3.8) is 0 Å². The molecule has 1 aliphatic rings. The number of hydrogen-bond donors (Lipinski definition) is 0. The van der Waals surface area contributed by atoms with E-state index in [0.717, 1.165) is 16.8 Å². The lowest BCUT2D eigenvalue weighted by Crippen LogP contribution is -2.56. The van der Waals surface area contributed by atoms with E-state index in [0.29, 0.717) is 22.0 Å². The normalized spacial score (nSPS) is 16.6. The SMILES string of the molecule is COc1ccc(C2C(=O)N(c3c(C)cccc3C)CC(=O)N2c2ccc(Cl)cc2)cc1. The van der Waals surface area contributed by atoms with Crippen LogP contribution in [0.1, 0.15) is 22.7 Å². The van der Waals surface area contributed by atoms with Gasteiger partial charge in [-0.15, -0.1) is 0 Å². The average molecular weight is 435 g/mol. The summed E-state index contributed by atoms with van der Waals surface area (Å²) in [6, 6.07) is 19.3. The highest BCUT2D eigenvalue weighted by Crippen LogP contribution is 2.37. The van der Waals surface area contributed by atoms with E-state index in [1.165, 1.54) is 0 Å². The van der Waals surface area contributed by atoms with E-state index in [9.17, 15) is 9.59 Å². The van der Waals surface area contributed by atoms with E-state index >= 15 is 0 Å². The number of benzene rings is 3. The van der Waals surface area contributed by atoms with E-state index < -0.39 is 6.04 Å². The monoisotopic (exact) mass is 434 g/mol. The minimum Gasteiger partial charge on any atom is -0.497 e. The highest BCUT2D eigenvalue weighted by atomic mass is 35.5. The van der Waals surface area contributed by atoms with Crippen molar-refractivity contribution in [1.82, 2.24) is 0 Å². The molecular formula is C25H23ClN2O3. The Morgan fingerprint density at radius 2 is 1.52 bits per heavy atom. The summed E-state index contributed by atoms with van der Waals surface area (Å²) in [5.41, 5.74) is 4.04. The molecule has 158 valence electrons. The number of ether oxygens (including phenoxy) is 1. The lowest BCUT2D eigenvalue weighted by Gasteiger charge is -2.41. The number of piperazine rings is 1. The van der Waals surface area contributed by atoms with E-state index in [4.69, 9.17) is 16.3 Å². The molecule has 0 radical (unpaired) electrons. The lowest BCUT2D eigenvalue weighted by atomic mass is 9.97. The molecule has 3 aromatic carbocycles. The number of methoxy groups -OCH3 is 1. The van der Waals surface area contributed by atoms with Crippen LogP contribution in [0.25, 0.3) is 0 Å². The first kappa shape index (κ1) is 20.9. The predicted molar refractivity (Wildman–Crippen MR) is 123 cm³/mol. The zero-order chi connectivity index (χ0) is 22.1. The molecule has 2 amide bonds. The third kappa shape index (κ3) is 3.89. The Balaban J connectivity index is 1.84. The van der Waals surface area contributed by atoms with Gasteiger partial charge in [0.2, 0.25) is 5.91 Å². The fourth-order valence-electron chi connectivity index (χ4n) is 4.08. The van der Waals surface area contributed by atoms with Crippen LogP contribution in [0, 0.1) is 13.8 Å². The number of aryl methyl sites for hydroxylation is 2. The van der Waals surface area contributed by atoms with Crippen LogP contribution in [0.4, 0.5) is 11.4 Å². The predicted octanol–water partition coefficient (Wildman–Crippen LogP) is 5.09. The van der Waals surface area contributed by atoms with Gasteiger partial charge in [0.05, 0.1) is 12.8 Å². The van der Waals surface area contributed by atoms with E-state index in [1.54, 1.807) is 53.3 Å². The zero-order valence-electron chi connectivity index (χ0n) is 17.6. The Bertz CT molecular complexity index is 1110. The highest BCUT2D eigenvalue weighted by molar-refractivity contribution is 6.30. The molecule has 1 heterocycles. The minimum atomic E-state index is -0.799. The summed E-state index contributed by atoms with van der Waals surface area (Å²) in [4.78, 5) is 30.4. The fourth-order valence-corrected chi connectivity index (χ4v) is 4.21. The van der Waals surface area contributed by atoms with Crippen LogP contribution in [-0.4, -0.2) is 25.5 Å². The van der Waals surface area contributed by atoms with Gasteiger partial charge in [0.25, 0.3) is 5.91 Å². The van der Waals surface area contributed by atoms with Crippen molar-refractivity contribution in [1.29, 1.82) is 0 Å². The molecule has 3 aromatic rings. The third-order valence-corrected chi connectivity index (χ3v) is 5.82. The van der Waals surface area contributed by atoms with Crippen LogP contribution in [0.2, 0.25) is 5.02 Å². The summed E-state index contributed by atoms with van der Waals surface area (Å²) in [5, 5.41) is 0.567. The average Bonchev–Trinajstić information content (AvgIpc) is 2.76. The molecule has 6 heteroatoms. The van der Waals surface area contributed by atoms with Gasteiger partial charge < -0.3 is 9.64 Å². The van der Waals surface area contributed by atoms with Gasteiger partial charge in [-0.25, -0.2) is 0 Å². The van der Waals surface area contributed by atoms with Crippen molar-refractivity contribution in [3.05, 3.63) is 88.4 Å². The Morgan fingerprint density at radius 3 is 2.10 bits per heavy atom. The number of halogens is 1. The molecule has 1 atom stereocenters. The second kappa shape index (κ2) is 8.44. The van der Waals surface area contributed by atoms with Crippen molar-refractivity contribution >= 4 is 34.8 Å². The zero-order valence-corrected chi connectivity index (χ0v) is 18.4. The second-order valence-electron chi connectivity index (χ2n) is 7.58. The number of nitrogens with zero attached hydrogens (tertiary/aromatic N) is 2. The summed E-state index contributed by atoms with van der Waals surface area (Å²) < 4.78 is 5.26. The van der Waals surface area contributed by atoms with Gasteiger partial charge in [-0.1, -0.05) is 41.9 Å². The van der Waals surface area contributed by atoms with Gasteiger partial charge in [0.1, 0.15) is 18.3 Å². The molecule has 4 rings (SSSR count). The van der Waals surface area contributed by atoms with Crippen LogP contribution in [0.15, 0.2) is 66.7 Å². The van der Waals surface area contributed by atoms with Crippen molar-refractivity contribution in [3.8, 4) is 5.75 Å². The molecule has 1 aliphatic heterocycles. The summed E-state index contributed by atoms with van der Waals surface area (Å²) in [6.07, 6.45) is 0. The van der Waals surface area contributed by atoms with Crippen molar-refractivity contribution in [2.75, 3.05) is 23.5 Å². The van der Waals surface area contributed by atoms with Gasteiger partial charge in [0, 0.05) is 10.7 Å². The smallest absolute Gasteiger partial charge is 0.255 e. The maximum absolute atomic E-state index is 13.9. The quantitative estimate of drug-likeness (QED) is 0.575. The van der Waals surface area contributed by atoms with Crippen LogP contribution in [0.5, 0.6) is 5.75 Å². The number of para-hydroxylation sites is 1. The molecule has 0 saturated carbocycles. The van der Waals surface area contributed by atoms with Gasteiger partial charge in [-0.2, -0.15) is 0 Å². The maximum atomic E-state index is 13.9. The second-order valence-corrected chi connectivity index (χ2v) is 8.02. The van der Waals surface area contributed by atoms with Crippen LogP contribution >= 0.6 is 11.6 Å². The molecule has 1 saturated heterocycles. The summed E-state index contributed by atoms with van der Waals surface area (Å²) in [7, 11) is 1.59. The Hall–Kier alpha value is -3.31. The first-order valence-corrected chi connectivity index (χ1v) is 10.4. The largest absolute Gasteiger partial charge is 0.497 e. The molecule has 0 bridgehead atoms. The van der Waals surface area contributed by atoms with E-state index in [1.807, 2.05) is 44.2 Å². The number of anilines is 2. The van der Waals surface area contributed by atoms with Crippen LogP contribution < -0.4 is 14.5 Å². The molecule has 0 N–H and O–H groups in total. The first-order valence-electron chi connectivity index (χ1n) is 10.00. The Kier molecular flexibility index (Phi) is 5.70. The van der Waals surface area contributed by atoms with Gasteiger partial charge in [0.15, 0.2) is 0 Å². The number of amides is 2. The van der Waals surface area contributed by atoms with Crippen molar-refractivity contribution in [2.45, 2.75) is 19.9 Å². The van der Waals surface area contributed by atoms with E-state index in [-0.39, 0.29) is 18.4 Å². The van der Waals surface area contributed by atoms with Crippen molar-refractivity contribution < 1.29 is 14.3 Å². The number of hydrogen-bond acceptors (Lipinski definition) is 3. The molecule has 0 aliphatic carbocycles. The van der Waals surface area contributed by atoms with Crippen molar-refractivity contribution in [2.24, 2.45) is 0 Å². The molecule has 5 nitrogen and oxygen atoms in total. The van der Waals surface area contributed by atoms with Gasteiger partial charge in [-0.05, 0) is 66.9 Å². The standard InChI is InChI=1S/C25H23ClN2O3/c1-16-5-4-6-17(2)23(16)27-15-22(29)28(20-11-9-19(26)10-12-20)24(25(27)30)18-7-13-21(31-3)14-8-18/h4-14,24H,15H2,1-3H3. The van der Waals surface area contributed by atoms with Gasteiger partial charge >= 0.3 is 0 Å². The third-order valence-electron chi connectivity index (χ3n) is 5.57. The minimum absolute atomic E-state index is 0.0280.